The number of fused-ring (bicyclic) bond motifs is 1. The molecule has 3 amide bonds. The number of carbonyl (C=O) groups excluding carboxylic acids is 3. The van der Waals surface area contributed by atoms with Crippen molar-refractivity contribution in [3.8, 4) is 0 Å². The third-order valence-electron chi connectivity index (χ3n) is 5.17. The van der Waals surface area contributed by atoms with Crippen LogP contribution in [0.15, 0.2) is 48.7 Å². The highest BCUT2D eigenvalue weighted by Crippen LogP contribution is 2.29. The summed E-state index contributed by atoms with van der Waals surface area (Å²) in [7, 11) is 0. The number of nitrogens with one attached hydrogen (secondary N) is 2. The van der Waals surface area contributed by atoms with Gasteiger partial charge in [-0.3, -0.25) is 14.2 Å². The van der Waals surface area contributed by atoms with Gasteiger partial charge in [0.2, 0.25) is 12.3 Å². The highest BCUT2D eigenvalue weighted by molar-refractivity contribution is 6.30. The van der Waals surface area contributed by atoms with Crippen molar-refractivity contribution in [2.24, 2.45) is 0 Å². The summed E-state index contributed by atoms with van der Waals surface area (Å²) in [6.45, 7) is -0.191. The van der Waals surface area contributed by atoms with Gasteiger partial charge in [-0.2, -0.15) is 0 Å². The zero-order valence-electron chi connectivity index (χ0n) is 16.5. The Morgan fingerprint density at radius 3 is 2.71 bits per heavy atom. The van der Waals surface area contributed by atoms with E-state index in [0.29, 0.717) is 17.6 Å². The molecule has 1 aliphatic carbocycles. The van der Waals surface area contributed by atoms with Crippen LogP contribution < -0.4 is 10.6 Å². The van der Waals surface area contributed by atoms with Crippen molar-refractivity contribution in [1.29, 1.82) is 0 Å². The summed E-state index contributed by atoms with van der Waals surface area (Å²) >= 11 is 5.76. The van der Waals surface area contributed by atoms with E-state index in [0.717, 1.165) is 18.2 Å². The van der Waals surface area contributed by atoms with Crippen LogP contribution in [-0.4, -0.2) is 40.4 Å². The number of anilines is 1. The maximum atomic E-state index is 14.0. The molecule has 0 spiro atoms. The first-order valence-electron chi connectivity index (χ1n) is 9.80. The van der Waals surface area contributed by atoms with Gasteiger partial charge in [0.1, 0.15) is 12.4 Å². The van der Waals surface area contributed by atoms with Crippen molar-refractivity contribution in [2.45, 2.75) is 25.4 Å². The molecule has 4 rings (SSSR count). The lowest BCUT2D eigenvalue weighted by molar-refractivity contribution is -0.121. The zero-order chi connectivity index (χ0) is 22.0. The molecule has 1 saturated carbocycles. The minimum absolute atomic E-state index is 0.0137. The van der Waals surface area contributed by atoms with Gasteiger partial charge in [-0.15, -0.1) is 0 Å². The maximum absolute atomic E-state index is 14.0. The Morgan fingerprint density at radius 2 is 1.97 bits per heavy atom. The summed E-state index contributed by atoms with van der Waals surface area (Å²) in [6, 6.07) is 11.3. The molecule has 0 radical (unpaired) electrons. The van der Waals surface area contributed by atoms with Crippen LogP contribution in [0.3, 0.4) is 0 Å². The van der Waals surface area contributed by atoms with Crippen LogP contribution in [0.1, 0.15) is 18.4 Å². The second-order valence-corrected chi connectivity index (χ2v) is 7.76. The van der Waals surface area contributed by atoms with Crippen molar-refractivity contribution >= 4 is 46.5 Å². The number of urea groups is 1. The van der Waals surface area contributed by atoms with Crippen LogP contribution in [0.2, 0.25) is 5.02 Å². The molecule has 2 aromatic carbocycles. The molecule has 3 aromatic rings. The number of amides is 3. The minimum Gasteiger partial charge on any atom is -0.350 e. The Bertz CT molecular complexity index is 1160. The largest absolute Gasteiger partial charge is 0.350 e. The van der Waals surface area contributed by atoms with Gasteiger partial charge in [0, 0.05) is 29.7 Å². The first-order valence-corrected chi connectivity index (χ1v) is 10.2. The highest BCUT2D eigenvalue weighted by Gasteiger charge is 2.34. The summed E-state index contributed by atoms with van der Waals surface area (Å²) in [6.07, 6.45) is 3.82. The van der Waals surface area contributed by atoms with Gasteiger partial charge in [-0.05, 0) is 25.0 Å². The maximum Gasteiger partial charge on any atom is 0.322 e. The molecular formula is C22H20ClFN4O3. The molecule has 7 nitrogen and oxygen atoms in total. The molecule has 1 aliphatic rings. The van der Waals surface area contributed by atoms with E-state index in [4.69, 9.17) is 11.6 Å². The number of nitrogens with zero attached hydrogens (tertiary/aromatic N) is 2. The predicted molar refractivity (Wildman–Crippen MR) is 116 cm³/mol. The molecule has 2 N–H and O–H groups in total. The Kier molecular flexibility index (Phi) is 5.90. The van der Waals surface area contributed by atoms with Gasteiger partial charge in [0.05, 0.1) is 16.2 Å². The van der Waals surface area contributed by atoms with Gasteiger partial charge < -0.3 is 15.5 Å². The van der Waals surface area contributed by atoms with Gasteiger partial charge in [0.15, 0.2) is 0 Å². The third kappa shape index (κ3) is 4.54. The van der Waals surface area contributed by atoms with Crippen molar-refractivity contribution in [1.82, 2.24) is 14.8 Å². The number of hydrogen-bond acceptors (Lipinski definition) is 3. The number of rotatable bonds is 7. The summed E-state index contributed by atoms with van der Waals surface area (Å²) in [5, 5.41) is 6.15. The van der Waals surface area contributed by atoms with E-state index in [-0.39, 0.29) is 29.7 Å². The Morgan fingerprint density at radius 1 is 1.19 bits per heavy atom. The molecule has 160 valence electrons. The number of para-hydroxylation sites is 1. The molecule has 31 heavy (non-hydrogen) atoms. The van der Waals surface area contributed by atoms with Crippen LogP contribution in [0.5, 0.6) is 0 Å². The zero-order valence-corrected chi connectivity index (χ0v) is 17.2. The predicted octanol–water partition coefficient (Wildman–Crippen LogP) is 3.78. The molecule has 0 bridgehead atoms. The van der Waals surface area contributed by atoms with E-state index >= 15 is 0 Å². The molecule has 9 heteroatoms. The van der Waals surface area contributed by atoms with Crippen molar-refractivity contribution in [3.63, 3.8) is 0 Å². The number of carbonyl (C=O) groups is 3. The molecule has 0 saturated heterocycles. The average Bonchev–Trinajstić information content (AvgIpc) is 3.55. The van der Waals surface area contributed by atoms with Crippen LogP contribution in [0.4, 0.5) is 14.9 Å². The summed E-state index contributed by atoms with van der Waals surface area (Å²) < 4.78 is 15.4. The van der Waals surface area contributed by atoms with Gasteiger partial charge in [-0.1, -0.05) is 41.9 Å². The quantitative estimate of drug-likeness (QED) is 0.546. The minimum atomic E-state index is -0.576. The molecule has 1 fully saturated rings. The SMILES string of the molecule is O=Cn1cc(NC(=O)N(CC(=O)NCc2cccc(Cl)c2F)C2CC2)c2ccccc21. The average molecular weight is 443 g/mol. The number of benzene rings is 2. The molecular weight excluding hydrogens is 423 g/mol. The molecule has 1 aromatic heterocycles. The fourth-order valence-electron chi connectivity index (χ4n) is 3.42. The second kappa shape index (κ2) is 8.77. The van der Waals surface area contributed by atoms with E-state index in [2.05, 4.69) is 10.6 Å². The van der Waals surface area contributed by atoms with Crippen molar-refractivity contribution in [2.75, 3.05) is 11.9 Å². The number of halogens is 2. The van der Waals surface area contributed by atoms with E-state index in [1.165, 1.54) is 21.6 Å². The molecule has 0 atom stereocenters. The first kappa shape index (κ1) is 20.9. The second-order valence-electron chi connectivity index (χ2n) is 7.35. The van der Waals surface area contributed by atoms with Gasteiger partial charge in [0.25, 0.3) is 0 Å². The summed E-state index contributed by atoms with van der Waals surface area (Å²) in [5.74, 6) is -0.982. The summed E-state index contributed by atoms with van der Waals surface area (Å²) in [5.41, 5.74) is 1.43. The first-order chi connectivity index (χ1) is 15.0. The normalized spacial score (nSPS) is 13.1. The highest BCUT2D eigenvalue weighted by atomic mass is 35.5. The lowest BCUT2D eigenvalue weighted by Crippen LogP contribution is -2.43. The Hall–Kier alpha value is -3.39. The van der Waals surface area contributed by atoms with Gasteiger partial charge >= 0.3 is 6.03 Å². The number of hydrogen-bond donors (Lipinski definition) is 2. The summed E-state index contributed by atoms with van der Waals surface area (Å²) in [4.78, 5) is 38.1. The third-order valence-corrected chi connectivity index (χ3v) is 5.46. The lowest BCUT2D eigenvalue weighted by atomic mass is 10.2. The number of aromatic nitrogens is 1. The fourth-order valence-corrected chi connectivity index (χ4v) is 3.62. The van der Waals surface area contributed by atoms with E-state index in [1.54, 1.807) is 30.5 Å². The standard InChI is InChI=1S/C22H20ClFN4O3/c23-17-6-3-4-14(21(17)24)10-25-20(30)12-28(15-8-9-15)22(31)26-18-11-27(13-29)19-7-2-1-5-16(18)19/h1-7,11,13,15H,8-10,12H2,(H,25,30)(H,26,31). The van der Waals surface area contributed by atoms with Gasteiger partial charge in [-0.25, -0.2) is 9.18 Å². The Balaban J connectivity index is 1.43. The molecule has 1 heterocycles. The molecule has 0 aliphatic heterocycles. The van der Waals surface area contributed by atoms with E-state index in [1.807, 2.05) is 6.07 Å². The van der Waals surface area contributed by atoms with Crippen LogP contribution in [0, 0.1) is 5.82 Å². The van der Waals surface area contributed by atoms with Crippen molar-refractivity contribution < 1.29 is 18.8 Å². The molecule has 0 unspecified atom stereocenters. The van der Waals surface area contributed by atoms with E-state index in [9.17, 15) is 18.8 Å². The van der Waals surface area contributed by atoms with Crippen molar-refractivity contribution in [3.05, 3.63) is 65.1 Å². The monoisotopic (exact) mass is 442 g/mol. The Labute approximate surface area is 182 Å². The topological polar surface area (TPSA) is 83.4 Å². The fraction of sp³-hybridized carbons (Fsp3) is 0.227. The van der Waals surface area contributed by atoms with Crippen LogP contribution in [-0.2, 0) is 16.1 Å². The lowest BCUT2D eigenvalue weighted by Gasteiger charge is -2.22. The van der Waals surface area contributed by atoms with Crippen LogP contribution >= 0.6 is 11.6 Å². The van der Waals surface area contributed by atoms with Crippen LogP contribution in [0.25, 0.3) is 10.9 Å². The van der Waals surface area contributed by atoms with E-state index < -0.39 is 17.8 Å². The smallest absolute Gasteiger partial charge is 0.322 e.